The van der Waals surface area contributed by atoms with Crippen LogP contribution in [-0.2, 0) is 15.0 Å². The monoisotopic (exact) mass is 508 g/mol. The summed E-state index contributed by atoms with van der Waals surface area (Å²) < 4.78 is 11.0. The number of rotatable bonds is 5. The lowest BCUT2D eigenvalue weighted by Crippen LogP contribution is -2.51. The number of nitrogens with one attached hydrogen (secondary N) is 1. The number of ketones is 2. The van der Waals surface area contributed by atoms with Crippen molar-refractivity contribution in [1.29, 1.82) is 0 Å². The lowest BCUT2D eigenvalue weighted by atomic mass is 9.64. The second-order valence-corrected chi connectivity index (χ2v) is 10.1. The molecule has 4 unspecified atom stereocenters. The van der Waals surface area contributed by atoms with Crippen LogP contribution < -0.4 is 19.7 Å². The van der Waals surface area contributed by atoms with Gasteiger partial charge >= 0.3 is 0 Å². The third kappa shape index (κ3) is 3.05. The minimum absolute atomic E-state index is 0.188. The highest BCUT2D eigenvalue weighted by atomic mass is 16.5. The quantitative estimate of drug-likeness (QED) is 0.505. The lowest BCUT2D eigenvalue weighted by molar-refractivity contribution is -0.122. The maximum atomic E-state index is 14.7. The molecule has 38 heavy (non-hydrogen) atoms. The Labute approximate surface area is 221 Å². The van der Waals surface area contributed by atoms with E-state index in [9.17, 15) is 14.4 Å². The molecule has 0 aromatic heterocycles. The van der Waals surface area contributed by atoms with Crippen molar-refractivity contribution in [3.05, 3.63) is 89.5 Å². The highest BCUT2D eigenvalue weighted by Gasteiger charge is 2.70. The highest BCUT2D eigenvalue weighted by Crippen LogP contribution is 2.58. The summed E-state index contributed by atoms with van der Waals surface area (Å²) in [6.45, 7) is 3.50. The number of carbonyl (C=O) groups excluding carboxylic acids is 3. The first-order valence-electron chi connectivity index (χ1n) is 12.6. The molecule has 7 nitrogen and oxygen atoms in total. The Morgan fingerprint density at radius 1 is 0.974 bits per heavy atom. The zero-order valence-corrected chi connectivity index (χ0v) is 21.6. The number of amides is 1. The van der Waals surface area contributed by atoms with Crippen LogP contribution in [-0.4, -0.2) is 43.8 Å². The first-order valence-corrected chi connectivity index (χ1v) is 12.6. The van der Waals surface area contributed by atoms with Crippen LogP contribution in [0.5, 0.6) is 11.5 Å². The van der Waals surface area contributed by atoms with E-state index in [0.29, 0.717) is 22.7 Å². The number of Topliss-reactive ketones (excluding diaryl/α,β-unsaturated/α-hetero) is 2. The van der Waals surface area contributed by atoms with Gasteiger partial charge in [-0.1, -0.05) is 42.5 Å². The second-order valence-electron chi connectivity index (χ2n) is 10.1. The summed E-state index contributed by atoms with van der Waals surface area (Å²) in [5, 5.41) is 3.03. The van der Waals surface area contributed by atoms with Crippen LogP contribution in [0, 0.1) is 5.92 Å². The van der Waals surface area contributed by atoms with Gasteiger partial charge in [0.15, 0.2) is 11.6 Å². The molecule has 1 N–H and O–H groups in total. The largest absolute Gasteiger partial charge is 0.497 e. The van der Waals surface area contributed by atoms with Gasteiger partial charge in [-0.2, -0.15) is 0 Å². The van der Waals surface area contributed by atoms with Crippen molar-refractivity contribution in [3.63, 3.8) is 0 Å². The predicted molar refractivity (Wildman–Crippen MR) is 145 cm³/mol. The number of para-hydroxylation sites is 2. The van der Waals surface area contributed by atoms with Crippen LogP contribution in [0.3, 0.4) is 0 Å². The number of carbonyl (C=O) groups is 3. The molecule has 0 radical (unpaired) electrons. The van der Waals surface area contributed by atoms with E-state index in [4.69, 9.17) is 9.47 Å². The van der Waals surface area contributed by atoms with Gasteiger partial charge < -0.3 is 19.7 Å². The fourth-order valence-corrected chi connectivity index (χ4v) is 6.71. The van der Waals surface area contributed by atoms with Gasteiger partial charge in [0.1, 0.15) is 16.9 Å². The lowest BCUT2D eigenvalue weighted by Gasteiger charge is -2.39. The number of hydrogen-bond donors (Lipinski definition) is 1. The molecule has 192 valence electrons. The molecule has 0 aliphatic carbocycles. The van der Waals surface area contributed by atoms with Crippen LogP contribution in [0.1, 0.15) is 35.3 Å². The average Bonchev–Trinajstić information content (AvgIpc) is 3.40. The molecule has 3 aromatic carbocycles. The van der Waals surface area contributed by atoms with E-state index in [1.165, 1.54) is 21.1 Å². The first kappa shape index (κ1) is 24.0. The van der Waals surface area contributed by atoms with Crippen LogP contribution >= 0.6 is 0 Å². The maximum absolute atomic E-state index is 14.7. The van der Waals surface area contributed by atoms with E-state index in [1.807, 2.05) is 66.4 Å². The molecule has 7 heteroatoms. The Balaban J connectivity index is 1.68. The number of allylic oxidation sites excluding steroid dienone is 1. The molecule has 4 atom stereocenters. The first-order chi connectivity index (χ1) is 18.3. The predicted octanol–water partition coefficient (Wildman–Crippen LogP) is 4.66. The van der Waals surface area contributed by atoms with Crippen molar-refractivity contribution in [2.24, 2.45) is 5.92 Å². The van der Waals surface area contributed by atoms with E-state index in [2.05, 4.69) is 5.32 Å². The van der Waals surface area contributed by atoms with Gasteiger partial charge in [0, 0.05) is 16.9 Å². The van der Waals surface area contributed by atoms with Gasteiger partial charge in [0.2, 0.25) is 5.91 Å². The van der Waals surface area contributed by atoms with E-state index in [1.54, 1.807) is 18.2 Å². The molecule has 1 amide bonds. The smallest absolute Gasteiger partial charge is 0.238 e. The van der Waals surface area contributed by atoms with Crippen molar-refractivity contribution in [2.75, 3.05) is 24.4 Å². The Bertz CT molecular complexity index is 1540. The molecule has 0 saturated carbocycles. The number of fused-ring (bicyclic) bond motifs is 6. The van der Waals surface area contributed by atoms with Crippen LogP contribution in [0.2, 0.25) is 0 Å². The zero-order chi connectivity index (χ0) is 26.8. The zero-order valence-electron chi connectivity index (χ0n) is 21.6. The van der Waals surface area contributed by atoms with Gasteiger partial charge in [0.05, 0.1) is 37.8 Å². The van der Waals surface area contributed by atoms with Crippen molar-refractivity contribution >= 4 is 34.4 Å². The molecular formula is C31H28N2O5. The standard InChI is InChI=1S/C31H28N2O5/c1-17-15-26-31(22-10-6-7-11-23(22)32-30(31)36)27(29(35)21-16-19(37-3)13-14-25(21)38-4)28(18(2)34)33(26)24-12-8-5-9-20(17)24/h5-16,26-28H,1-4H3,(H,32,36). The van der Waals surface area contributed by atoms with Gasteiger partial charge in [-0.05, 0) is 55.3 Å². The van der Waals surface area contributed by atoms with E-state index in [0.717, 1.165) is 16.8 Å². The molecule has 0 bridgehead atoms. The summed E-state index contributed by atoms with van der Waals surface area (Å²) in [6, 6.07) is 18.9. The van der Waals surface area contributed by atoms with Crippen molar-refractivity contribution in [1.82, 2.24) is 0 Å². The second kappa shape index (κ2) is 8.58. The Morgan fingerprint density at radius 2 is 1.71 bits per heavy atom. The van der Waals surface area contributed by atoms with Crippen LogP contribution in [0.15, 0.2) is 72.8 Å². The van der Waals surface area contributed by atoms with Gasteiger partial charge in [-0.25, -0.2) is 0 Å². The molecular weight excluding hydrogens is 480 g/mol. The van der Waals surface area contributed by atoms with Gasteiger partial charge in [-0.15, -0.1) is 0 Å². The third-order valence-electron chi connectivity index (χ3n) is 8.25. The third-order valence-corrected chi connectivity index (χ3v) is 8.25. The molecule has 1 saturated heterocycles. The van der Waals surface area contributed by atoms with Crippen molar-refractivity contribution in [2.45, 2.75) is 31.3 Å². The molecule has 1 spiro atoms. The van der Waals surface area contributed by atoms with E-state index >= 15 is 0 Å². The Morgan fingerprint density at radius 3 is 2.45 bits per heavy atom. The molecule has 3 heterocycles. The molecule has 6 rings (SSSR count). The number of benzene rings is 3. The fourth-order valence-electron chi connectivity index (χ4n) is 6.71. The van der Waals surface area contributed by atoms with Crippen molar-refractivity contribution in [3.8, 4) is 11.5 Å². The van der Waals surface area contributed by atoms with Gasteiger partial charge in [-0.3, -0.25) is 14.4 Å². The number of anilines is 2. The van der Waals surface area contributed by atoms with Crippen LogP contribution in [0.4, 0.5) is 11.4 Å². The Hall–Kier alpha value is -4.39. The summed E-state index contributed by atoms with van der Waals surface area (Å²) in [6.07, 6.45) is 2.04. The summed E-state index contributed by atoms with van der Waals surface area (Å²) in [4.78, 5) is 44.5. The summed E-state index contributed by atoms with van der Waals surface area (Å²) in [5.41, 5.74) is 3.11. The maximum Gasteiger partial charge on any atom is 0.238 e. The average molecular weight is 509 g/mol. The number of nitrogens with zero attached hydrogens (tertiary/aromatic N) is 1. The summed E-state index contributed by atoms with van der Waals surface area (Å²) in [5.74, 6) is -1.00. The fraction of sp³-hybridized carbons (Fsp3) is 0.258. The van der Waals surface area contributed by atoms with E-state index in [-0.39, 0.29) is 23.0 Å². The minimum atomic E-state index is -1.34. The summed E-state index contributed by atoms with van der Waals surface area (Å²) in [7, 11) is 3.02. The normalized spacial score (nSPS) is 24.7. The Kier molecular flexibility index (Phi) is 5.42. The molecule has 3 aliphatic rings. The SMILES string of the molecule is COc1ccc(OC)c(C(=O)C2C(C(C)=O)N3c4ccccc4C(C)=CC3C23C(=O)Nc2ccccc23)c1. The number of methoxy groups -OCH3 is 2. The number of ether oxygens (including phenoxy) is 2. The topological polar surface area (TPSA) is 84.9 Å². The van der Waals surface area contributed by atoms with Crippen molar-refractivity contribution < 1.29 is 23.9 Å². The molecule has 3 aliphatic heterocycles. The molecule has 1 fully saturated rings. The number of hydrogen-bond acceptors (Lipinski definition) is 6. The van der Waals surface area contributed by atoms with Gasteiger partial charge in [0.25, 0.3) is 0 Å². The highest BCUT2D eigenvalue weighted by molar-refractivity contribution is 6.17. The summed E-state index contributed by atoms with van der Waals surface area (Å²) >= 11 is 0. The van der Waals surface area contributed by atoms with E-state index < -0.39 is 23.4 Å². The minimum Gasteiger partial charge on any atom is -0.497 e. The van der Waals surface area contributed by atoms with Crippen LogP contribution in [0.25, 0.3) is 5.57 Å². The molecule has 3 aromatic rings.